The zero-order valence-corrected chi connectivity index (χ0v) is 34.2. The van der Waals surface area contributed by atoms with Crippen LogP contribution in [0.4, 0.5) is 10.9 Å². The molecule has 11 nitrogen and oxygen atoms in total. The molecule has 0 unspecified atom stereocenters. The number of aromatic nitrogens is 2. The second kappa shape index (κ2) is 17.0. The molecule has 5 aromatic rings. The number of nitrogens with zero attached hydrogens (tertiary/aromatic N) is 4. The third-order valence-electron chi connectivity index (χ3n) is 11.1. The first-order valence-corrected chi connectivity index (χ1v) is 20.6. The van der Waals surface area contributed by atoms with Crippen LogP contribution in [0.1, 0.15) is 90.1 Å². The number of ether oxygens (including phenoxy) is 2. The summed E-state index contributed by atoms with van der Waals surface area (Å²) in [5.74, 6) is 0.274. The van der Waals surface area contributed by atoms with Crippen molar-refractivity contribution < 1.29 is 29.0 Å². The van der Waals surface area contributed by atoms with Crippen LogP contribution in [0.25, 0.3) is 21.3 Å². The van der Waals surface area contributed by atoms with Crippen molar-refractivity contribution in [1.82, 2.24) is 14.9 Å². The average Bonchev–Trinajstić information content (AvgIpc) is 3.60. The van der Waals surface area contributed by atoms with Crippen LogP contribution in [0.3, 0.4) is 0 Å². The smallest absolute Gasteiger partial charge is 0.355 e. The number of esters is 1. The number of piperidine rings is 1. The highest BCUT2D eigenvalue weighted by molar-refractivity contribution is 7.22. The first-order valence-electron chi connectivity index (χ1n) is 19.8. The third kappa shape index (κ3) is 8.97. The Morgan fingerprint density at radius 3 is 2.49 bits per heavy atom. The predicted octanol–water partition coefficient (Wildman–Crippen LogP) is 8.52. The van der Waals surface area contributed by atoms with E-state index in [4.69, 9.17) is 14.5 Å². The Morgan fingerprint density at radius 2 is 1.75 bits per heavy atom. The van der Waals surface area contributed by atoms with Gasteiger partial charge in [0.05, 0.1) is 30.0 Å². The predicted molar refractivity (Wildman–Crippen MR) is 225 cm³/mol. The van der Waals surface area contributed by atoms with Crippen molar-refractivity contribution in [3.63, 3.8) is 0 Å². The van der Waals surface area contributed by atoms with Gasteiger partial charge in [-0.25, -0.2) is 14.8 Å². The maximum Gasteiger partial charge on any atom is 0.355 e. The normalized spacial score (nSPS) is 15.0. The fourth-order valence-electron chi connectivity index (χ4n) is 7.99. The molecule has 0 saturated carbocycles. The standard InChI is InChI=1S/C45H51N5O6S/c1-6-55-39(51)27-49-21-17-29(18-22-49)20-24-56-36-15-10-12-31(28(36)2)40-34(45(3,4)5)25-38(47-41(40)43(53)54)50-23-19-30-11-9-13-32(33(30)26-50)42(52)48-44-46-35-14-7-8-16-37(35)57-44/h7-16,25,29H,6,17-24,26-27H2,1-5H3,(H,53,54)(H,46,48,52). The molecule has 0 bridgehead atoms. The number of nitrogens with one attached hydrogen (secondary N) is 1. The van der Waals surface area contributed by atoms with Crippen molar-refractivity contribution in [1.29, 1.82) is 0 Å². The van der Waals surface area contributed by atoms with Gasteiger partial charge in [0.15, 0.2) is 10.8 Å². The topological polar surface area (TPSA) is 134 Å². The highest BCUT2D eigenvalue weighted by Gasteiger charge is 2.31. The molecular weight excluding hydrogens is 739 g/mol. The van der Waals surface area contributed by atoms with Gasteiger partial charge < -0.3 is 19.5 Å². The maximum absolute atomic E-state index is 13.7. The summed E-state index contributed by atoms with van der Waals surface area (Å²) in [5, 5.41) is 14.3. The second-order valence-electron chi connectivity index (χ2n) is 16.0. The van der Waals surface area contributed by atoms with Crippen LogP contribution in [0.15, 0.2) is 66.7 Å². The van der Waals surface area contributed by atoms with E-state index in [0.29, 0.717) is 67.3 Å². The lowest BCUT2D eigenvalue weighted by molar-refractivity contribution is -0.144. The number of hydrogen-bond acceptors (Lipinski definition) is 10. The van der Waals surface area contributed by atoms with Crippen molar-refractivity contribution in [3.8, 4) is 16.9 Å². The lowest BCUT2D eigenvalue weighted by atomic mass is 9.80. The average molecular weight is 790 g/mol. The van der Waals surface area contributed by atoms with E-state index in [1.165, 1.54) is 11.3 Å². The number of anilines is 2. The molecule has 12 heteroatoms. The van der Waals surface area contributed by atoms with Gasteiger partial charge in [-0.1, -0.05) is 68.5 Å². The number of hydrogen-bond donors (Lipinski definition) is 2. The number of thiazole rings is 1. The molecule has 1 saturated heterocycles. The highest BCUT2D eigenvalue weighted by Crippen LogP contribution is 2.41. The lowest BCUT2D eigenvalue weighted by Crippen LogP contribution is -2.38. The Hall–Kier alpha value is -5.33. The van der Waals surface area contributed by atoms with Crippen molar-refractivity contribution in [2.75, 3.05) is 49.6 Å². The number of carbonyl (C=O) groups excluding carboxylic acids is 2. The molecule has 0 spiro atoms. The van der Waals surface area contributed by atoms with Gasteiger partial charge >= 0.3 is 11.9 Å². The highest BCUT2D eigenvalue weighted by atomic mass is 32.1. The van der Waals surface area contributed by atoms with E-state index in [1.807, 2.05) is 74.5 Å². The number of rotatable bonds is 12. The minimum atomic E-state index is -1.11. The van der Waals surface area contributed by atoms with Crippen LogP contribution in [-0.2, 0) is 27.9 Å². The number of carboxylic acids is 1. The number of carboxylic acid groups (broad SMARTS) is 1. The molecule has 2 aromatic heterocycles. The maximum atomic E-state index is 13.7. The van der Waals surface area contributed by atoms with E-state index in [-0.39, 0.29) is 17.6 Å². The van der Waals surface area contributed by atoms with Gasteiger partial charge in [0.2, 0.25) is 0 Å². The molecule has 2 aliphatic rings. The van der Waals surface area contributed by atoms with Crippen LogP contribution in [0, 0.1) is 12.8 Å². The van der Waals surface area contributed by atoms with Crippen molar-refractivity contribution in [3.05, 3.63) is 100 Å². The molecule has 0 atom stereocenters. The third-order valence-corrected chi connectivity index (χ3v) is 12.0. The summed E-state index contributed by atoms with van der Waals surface area (Å²) in [6.07, 6.45) is 3.57. The number of aromatic carboxylic acids is 1. The van der Waals surface area contributed by atoms with E-state index in [0.717, 1.165) is 76.1 Å². The van der Waals surface area contributed by atoms with E-state index in [9.17, 15) is 19.5 Å². The summed E-state index contributed by atoms with van der Waals surface area (Å²) in [5.41, 5.74) is 6.03. The lowest BCUT2D eigenvalue weighted by Gasteiger charge is -2.33. The molecule has 0 radical (unpaired) electrons. The SMILES string of the molecule is CCOC(=O)CN1CCC(CCOc2cccc(-c3c(C(C)(C)C)cc(N4CCc5cccc(C(=O)Nc6nc7ccccc7s6)c5C4)nc3C(=O)O)c2C)CC1. The van der Waals surface area contributed by atoms with Gasteiger partial charge in [-0.3, -0.25) is 19.8 Å². The number of amides is 1. The number of benzene rings is 3. The summed E-state index contributed by atoms with van der Waals surface area (Å²) in [7, 11) is 0. The van der Waals surface area contributed by atoms with Crippen LogP contribution in [0.2, 0.25) is 0 Å². The van der Waals surface area contributed by atoms with Gasteiger partial charge in [-0.15, -0.1) is 0 Å². The van der Waals surface area contributed by atoms with E-state index in [1.54, 1.807) is 0 Å². The largest absolute Gasteiger partial charge is 0.493 e. The van der Waals surface area contributed by atoms with Gasteiger partial charge in [-0.2, -0.15) is 0 Å². The van der Waals surface area contributed by atoms with Crippen molar-refractivity contribution in [2.45, 2.75) is 72.3 Å². The first-order chi connectivity index (χ1) is 27.4. The number of pyridine rings is 1. The molecule has 0 aliphatic carbocycles. The van der Waals surface area contributed by atoms with Crippen molar-refractivity contribution >= 4 is 50.3 Å². The van der Waals surface area contributed by atoms with Gasteiger partial charge in [0.25, 0.3) is 5.91 Å². The number of carbonyl (C=O) groups is 3. The van der Waals surface area contributed by atoms with Gasteiger partial charge in [-0.05, 0) is 122 Å². The Morgan fingerprint density at radius 1 is 0.982 bits per heavy atom. The van der Waals surface area contributed by atoms with E-state index >= 15 is 0 Å². The fourth-order valence-corrected chi connectivity index (χ4v) is 8.85. The first kappa shape index (κ1) is 39.9. The monoisotopic (exact) mass is 789 g/mol. The Labute approximate surface area is 338 Å². The minimum Gasteiger partial charge on any atom is -0.493 e. The van der Waals surface area contributed by atoms with Crippen LogP contribution in [0.5, 0.6) is 5.75 Å². The number of fused-ring (bicyclic) bond motifs is 2. The Kier molecular flexibility index (Phi) is 11.9. The molecule has 4 heterocycles. The zero-order valence-electron chi connectivity index (χ0n) is 33.4. The Balaban J connectivity index is 1.11. The van der Waals surface area contributed by atoms with Crippen molar-refractivity contribution in [2.24, 2.45) is 5.92 Å². The molecule has 2 aliphatic heterocycles. The van der Waals surface area contributed by atoms with Crippen LogP contribution in [-0.4, -0.2) is 77.2 Å². The molecule has 3 aromatic carbocycles. The molecule has 298 valence electrons. The Bertz CT molecular complexity index is 2260. The molecule has 57 heavy (non-hydrogen) atoms. The van der Waals surface area contributed by atoms with E-state index < -0.39 is 11.4 Å². The quantitative estimate of drug-likeness (QED) is 0.119. The molecule has 1 amide bonds. The summed E-state index contributed by atoms with van der Waals surface area (Å²) in [4.78, 5) is 52.5. The molecule has 2 N–H and O–H groups in total. The molecular formula is C45H51N5O6S. The van der Waals surface area contributed by atoms with E-state index in [2.05, 4.69) is 46.9 Å². The number of para-hydroxylation sites is 1. The van der Waals surface area contributed by atoms with Crippen LogP contribution < -0.4 is 15.0 Å². The summed E-state index contributed by atoms with van der Waals surface area (Å²) < 4.78 is 12.5. The summed E-state index contributed by atoms with van der Waals surface area (Å²) in [6, 6.07) is 21.4. The summed E-state index contributed by atoms with van der Waals surface area (Å²) in [6.45, 7) is 14.1. The number of likely N-dealkylation sites (tertiary alicyclic amines) is 1. The minimum absolute atomic E-state index is 0.0140. The zero-order chi connectivity index (χ0) is 40.3. The fraction of sp³-hybridized carbons (Fsp3) is 0.400. The molecule has 7 rings (SSSR count). The van der Waals surface area contributed by atoms with Gasteiger partial charge in [0.1, 0.15) is 11.6 Å². The van der Waals surface area contributed by atoms with Gasteiger partial charge in [0, 0.05) is 24.2 Å². The van der Waals surface area contributed by atoms with Crippen LogP contribution >= 0.6 is 11.3 Å². The summed E-state index contributed by atoms with van der Waals surface area (Å²) >= 11 is 1.44. The second-order valence-corrected chi connectivity index (χ2v) is 17.0. The molecule has 1 fully saturated rings.